The molecule has 20 heavy (non-hydrogen) atoms. The van der Waals surface area contributed by atoms with Crippen molar-refractivity contribution in [2.45, 2.75) is 25.3 Å². The Bertz CT molecular complexity index is 481. The molecule has 0 radical (unpaired) electrons. The number of carbonyl (C=O) groups is 1. The maximum Gasteiger partial charge on any atom is 0.238 e. The molecule has 0 aromatic heterocycles. The van der Waals surface area contributed by atoms with Crippen molar-refractivity contribution in [2.75, 3.05) is 25.0 Å². The van der Waals surface area contributed by atoms with Gasteiger partial charge in [-0.2, -0.15) is 0 Å². The highest BCUT2D eigenvalue weighted by Crippen LogP contribution is 2.29. The molecule has 1 heterocycles. The van der Waals surface area contributed by atoms with Gasteiger partial charge in [-0.15, -0.1) is 0 Å². The van der Waals surface area contributed by atoms with E-state index in [4.69, 9.17) is 28.9 Å². The smallest absolute Gasteiger partial charge is 0.238 e. The lowest BCUT2D eigenvalue weighted by Crippen LogP contribution is -2.47. The summed E-state index contributed by atoms with van der Waals surface area (Å²) < 4.78 is 0. The van der Waals surface area contributed by atoms with Crippen LogP contribution in [0.15, 0.2) is 18.2 Å². The van der Waals surface area contributed by atoms with Gasteiger partial charge in [0.2, 0.25) is 5.91 Å². The van der Waals surface area contributed by atoms with Crippen LogP contribution in [0.2, 0.25) is 10.0 Å². The molecule has 1 aromatic carbocycles. The topological polar surface area (TPSA) is 58.4 Å². The molecule has 4 nitrogen and oxygen atoms in total. The van der Waals surface area contributed by atoms with Gasteiger partial charge in [-0.25, -0.2) is 0 Å². The molecule has 110 valence electrons. The van der Waals surface area contributed by atoms with E-state index in [1.807, 2.05) is 0 Å². The van der Waals surface area contributed by atoms with E-state index in [1.165, 1.54) is 6.42 Å². The van der Waals surface area contributed by atoms with Crippen molar-refractivity contribution >= 4 is 34.8 Å². The number of hydrogen-bond donors (Lipinski definition) is 2. The van der Waals surface area contributed by atoms with Crippen LogP contribution >= 0.6 is 23.2 Å². The summed E-state index contributed by atoms with van der Waals surface area (Å²) in [6, 6.07) is 5.48. The van der Waals surface area contributed by atoms with Gasteiger partial charge < -0.3 is 11.1 Å². The molecule has 1 atom stereocenters. The van der Waals surface area contributed by atoms with Crippen LogP contribution in [-0.4, -0.2) is 36.5 Å². The van der Waals surface area contributed by atoms with E-state index in [2.05, 4.69) is 10.2 Å². The zero-order valence-corrected chi connectivity index (χ0v) is 12.8. The number of nitrogens with zero attached hydrogens (tertiary/aromatic N) is 1. The van der Waals surface area contributed by atoms with Crippen LogP contribution in [0.25, 0.3) is 0 Å². The highest BCUT2D eigenvalue weighted by molar-refractivity contribution is 6.43. The van der Waals surface area contributed by atoms with Crippen LogP contribution in [0.3, 0.4) is 0 Å². The van der Waals surface area contributed by atoms with Crippen LogP contribution < -0.4 is 11.1 Å². The number of carbonyl (C=O) groups excluding carboxylic acids is 1. The van der Waals surface area contributed by atoms with Gasteiger partial charge in [0, 0.05) is 12.6 Å². The first-order valence-electron chi connectivity index (χ1n) is 6.80. The van der Waals surface area contributed by atoms with Gasteiger partial charge in [0.05, 0.1) is 22.3 Å². The van der Waals surface area contributed by atoms with Gasteiger partial charge >= 0.3 is 0 Å². The fourth-order valence-corrected chi connectivity index (χ4v) is 2.86. The Morgan fingerprint density at radius 2 is 2.20 bits per heavy atom. The Kier molecular flexibility index (Phi) is 5.66. The molecule has 1 fully saturated rings. The molecule has 0 saturated carbocycles. The number of nitrogens with two attached hydrogens (primary N) is 1. The predicted molar refractivity (Wildman–Crippen MR) is 83.4 cm³/mol. The molecule has 6 heteroatoms. The van der Waals surface area contributed by atoms with Gasteiger partial charge in [0.25, 0.3) is 0 Å². The molecule has 1 aliphatic rings. The highest BCUT2D eigenvalue weighted by atomic mass is 35.5. The Morgan fingerprint density at radius 3 is 2.95 bits per heavy atom. The maximum absolute atomic E-state index is 12.1. The maximum atomic E-state index is 12.1. The third-order valence-corrected chi connectivity index (χ3v) is 4.41. The van der Waals surface area contributed by atoms with Crippen LogP contribution in [0.5, 0.6) is 0 Å². The van der Waals surface area contributed by atoms with Crippen LogP contribution in [0, 0.1) is 0 Å². The Balaban J connectivity index is 1.96. The molecule has 0 bridgehead atoms. The lowest BCUT2D eigenvalue weighted by Gasteiger charge is -2.34. The number of hydrogen-bond acceptors (Lipinski definition) is 3. The van der Waals surface area contributed by atoms with Gasteiger partial charge in [0.15, 0.2) is 0 Å². The minimum Gasteiger partial charge on any atom is -0.329 e. The molecule has 1 unspecified atom stereocenters. The standard InChI is InChI=1S/C14H19Cl2N3O/c15-11-5-3-6-12(14(11)16)18-13(20)9-19-7-2-1-4-10(19)8-17/h3,5-6,10H,1-2,4,7-9,17H2,(H,18,20). The quantitative estimate of drug-likeness (QED) is 0.898. The van der Waals surface area contributed by atoms with Crippen LogP contribution in [0.1, 0.15) is 19.3 Å². The number of halogens is 2. The molecular weight excluding hydrogens is 297 g/mol. The summed E-state index contributed by atoms with van der Waals surface area (Å²) in [5, 5.41) is 3.61. The van der Waals surface area contributed by atoms with E-state index >= 15 is 0 Å². The van der Waals surface area contributed by atoms with Crippen molar-refractivity contribution in [1.29, 1.82) is 0 Å². The van der Waals surface area contributed by atoms with Crippen molar-refractivity contribution in [3.05, 3.63) is 28.2 Å². The predicted octanol–water partition coefficient (Wildman–Crippen LogP) is 2.75. The number of rotatable bonds is 4. The van der Waals surface area contributed by atoms with E-state index in [0.717, 1.165) is 19.4 Å². The summed E-state index contributed by atoms with van der Waals surface area (Å²) >= 11 is 12.0. The largest absolute Gasteiger partial charge is 0.329 e. The monoisotopic (exact) mass is 315 g/mol. The van der Waals surface area contributed by atoms with Crippen molar-refractivity contribution in [3.63, 3.8) is 0 Å². The van der Waals surface area contributed by atoms with Gasteiger partial charge in [0.1, 0.15) is 0 Å². The molecule has 1 amide bonds. The molecule has 0 spiro atoms. The minimum absolute atomic E-state index is 0.0884. The van der Waals surface area contributed by atoms with E-state index in [-0.39, 0.29) is 5.91 Å². The highest BCUT2D eigenvalue weighted by Gasteiger charge is 2.23. The van der Waals surface area contributed by atoms with E-state index < -0.39 is 0 Å². The van der Waals surface area contributed by atoms with E-state index in [1.54, 1.807) is 18.2 Å². The molecule has 0 aliphatic carbocycles. The molecule has 1 saturated heterocycles. The molecule has 3 N–H and O–H groups in total. The lowest BCUT2D eigenvalue weighted by atomic mass is 10.0. The van der Waals surface area contributed by atoms with E-state index in [9.17, 15) is 4.79 Å². The average molecular weight is 316 g/mol. The Morgan fingerprint density at radius 1 is 1.40 bits per heavy atom. The number of anilines is 1. The van der Waals surface area contributed by atoms with Gasteiger partial charge in [-0.1, -0.05) is 35.7 Å². The fourth-order valence-electron chi connectivity index (χ4n) is 2.51. The third-order valence-electron chi connectivity index (χ3n) is 3.59. The zero-order valence-electron chi connectivity index (χ0n) is 11.2. The third kappa shape index (κ3) is 3.85. The number of nitrogens with one attached hydrogen (secondary N) is 1. The molecular formula is C14H19Cl2N3O. The van der Waals surface area contributed by atoms with Crippen LogP contribution in [0.4, 0.5) is 5.69 Å². The second-order valence-electron chi connectivity index (χ2n) is 5.01. The number of piperidine rings is 1. The second kappa shape index (κ2) is 7.27. The van der Waals surface area contributed by atoms with Crippen molar-refractivity contribution in [3.8, 4) is 0 Å². The first-order chi connectivity index (χ1) is 9.61. The SMILES string of the molecule is NCC1CCCCN1CC(=O)Nc1cccc(Cl)c1Cl. The van der Waals surface area contributed by atoms with Crippen molar-refractivity contribution < 1.29 is 4.79 Å². The molecule has 2 rings (SSSR count). The number of likely N-dealkylation sites (tertiary alicyclic amines) is 1. The Hall–Kier alpha value is -0.810. The molecule has 1 aliphatic heterocycles. The zero-order chi connectivity index (χ0) is 14.5. The first-order valence-corrected chi connectivity index (χ1v) is 7.55. The van der Waals surface area contributed by atoms with Gasteiger partial charge in [-0.05, 0) is 31.5 Å². The summed E-state index contributed by atoms with van der Waals surface area (Å²) in [4.78, 5) is 14.2. The van der Waals surface area contributed by atoms with Crippen molar-refractivity contribution in [2.24, 2.45) is 5.73 Å². The lowest BCUT2D eigenvalue weighted by molar-refractivity contribution is -0.118. The Labute approximate surface area is 129 Å². The molecule has 1 aromatic rings. The fraction of sp³-hybridized carbons (Fsp3) is 0.500. The number of benzene rings is 1. The summed E-state index contributed by atoms with van der Waals surface area (Å²) in [6.07, 6.45) is 3.35. The van der Waals surface area contributed by atoms with E-state index in [0.29, 0.717) is 34.9 Å². The first kappa shape index (κ1) is 15.6. The summed E-state index contributed by atoms with van der Waals surface area (Å²) in [7, 11) is 0. The normalized spacial score (nSPS) is 19.9. The summed E-state index contributed by atoms with van der Waals surface area (Å²) in [5.41, 5.74) is 6.30. The average Bonchev–Trinajstić information content (AvgIpc) is 2.44. The second-order valence-corrected chi connectivity index (χ2v) is 5.79. The van der Waals surface area contributed by atoms with Gasteiger partial charge in [-0.3, -0.25) is 9.69 Å². The minimum atomic E-state index is -0.0884. The summed E-state index contributed by atoms with van der Waals surface area (Å²) in [5.74, 6) is -0.0884. The van der Waals surface area contributed by atoms with Crippen LogP contribution in [-0.2, 0) is 4.79 Å². The number of amides is 1. The summed E-state index contributed by atoms with van der Waals surface area (Å²) in [6.45, 7) is 1.84. The van der Waals surface area contributed by atoms with Crippen molar-refractivity contribution in [1.82, 2.24) is 4.90 Å².